The summed E-state index contributed by atoms with van der Waals surface area (Å²) in [7, 11) is 0. The first kappa shape index (κ1) is 14.2. The van der Waals surface area contributed by atoms with E-state index in [1.807, 2.05) is 0 Å². The number of para-hydroxylation sites is 1. The summed E-state index contributed by atoms with van der Waals surface area (Å²) in [6, 6.07) is 15.6. The number of benzene rings is 2. The smallest absolute Gasteiger partial charge is 0.0430 e. The zero-order valence-electron chi connectivity index (χ0n) is 13.0. The second-order valence-corrected chi connectivity index (χ2v) is 6.21. The van der Waals surface area contributed by atoms with Gasteiger partial charge in [-0.1, -0.05) is 47.5 Å². The van der Waals surface area contributed by atoms with Crippen molar-refractivity contribution in [3.8, 4) is 0 Å². The largest absolute Gasteiger partial charge is 0.366 e. The molecule has 0 radical (unpaired) electrons. The third-order valence-corrected chi connectivity index (χ3v) is 4.33. The lowest BCUT2D eigenvalue weighted by Gasteiger charge is -2.20. The first-order valence-corrected chi connectivity index (χ1v) is 7.78. The van der Waals surface area contributed by atoms with Crippen molar-refractivity contribution >= 4 is 5.69 Å². The van der Waals surface area contributed by atoms with Gasteiger partial charge in [-0.2, -0.15) is 0 Å². The summed E-state index contributed by atoms with van der Waals surface area (Å²) in [4.78, 5) is 2.50. The minimum absolute atomic E-state index is 0.581. The normalized spacial score (nSPS) is 17.1. The van der Waals surface area contributed by atoms with Gasteiger partial charge in [-0.25, -0.2) is 0 Å². The van der Waals surface area contributed by atoms with E-state index in [1.54, 1.807) is 0 Å². The number of nitrogens with two attached hydrogens (primary N) is 1. The molecule has 0 saturated heterocycles. The summed E-state index contributed by atoms with van der Waals surface area (Å²) >= 11 is 0. The molecule has 21 heavy (non-hydrogen) atoms. The molecule has 3 rings (SSSR count). The number of rotatable bonds is 4. The quantitative estimate of drug-likeness (QED) is 0.924. The molecule has 2 N–H and O–H groups in total. The van der Waals surface area contributed by atoms with Crippen LogP contribution in [0.5, 0.6) is 0 Å². The molecule has 1 heterocycles. The van der Waals surface area contributed by atoms with E-state index >= 15 is 0 Å². The van der Waals surface area contributed by atoms with Gasteiger partial charge in [0, 0.05) is 24.7 Å². The Balaban J connectivity index is 1.86. The molecule has 0 saturated carbocycles. The number of anilines is 1. The van der Waals surface area contributed by atoms with Gasteiger partial charge >= 0.3 is 0 Å². The Labute approximate surface area is 127 Å². The number of nitrogens with zero attached hydrogens (tertiary/aromatic N) is 1. The fourth-order valence-corrected chi connectivity index (χ4v) is 3.56. The average Bonchev–Trinajstić information content (AvgIpc) is 2.77. The van der Waals surface area contributed by atoms with Gasteiger partial charge in [-0.15, -0.1) is 0 Å². The van der Waals surface area contributed by atoms with Crippen molar-refractivity contribution in [2.75, 3.05) is 18.0 Å². The molecule has 0 fully saturated rings. The zero-order chi connectivity index (χ0) is 14.8. The topological polar surface area (TPSA) is 29.3 Å². The maximum atomic E-state index is 5.78. The van der Waals surface area contributed by atoms with Crippen LogP contribution in [0.15, 0.2) is 42.5 Å². The van der Waals surface area contributed by atoms with E-state index in [0.29, 0.717) is 5.92 Å². The predicted molar refractivity (Wildman–Crippen MR) is 89.8 cm³/mol. The highest BCUT2D eigenvalue weighted by Gasteiger charge is 2.27. The first-order chi connectivity index (χ1) is 10.2. The van der Waals surface area contributed by atoms with E-state index in [-0.39, 0.29) is 0 Å². The summed E-state index contributed by atoms with van der Waals surface area (Å²) in [6.07, 6.45) is 1.07. The molecule has 0 aromatic heterocycles. The lowest BCUT2D eigenvalue weighted by Crippen LogP contribution is -2.22. The number of hydrogen-bond donors (Lipinski definition) is 1. The van der Waals surface area contributed by atoms with Crippen LogP contribution >= 0.6 is 0 Å². The van der Waals surface area contributed by atoms with Crippen LogP contribution in [0, 0.1) is 13.8 Å². The number of hydrogen-bond acceptors (Lipinski definition) is 2. The van der Waals surface area contributed by atoms with Crippen molar-refractivity contribution in [1.29, 1.82) is 0 Å². The standard InChI is InChI=1S/C19H24N2/c1-14-9-15(2)11-16(10-14)12-21-13-17(7-8-20)18-5-3-4-6-19(18)21/h3-6,9-11,17H,7-8,12-13,20H2,1-2H3. The maximum Gasteiger partial charge on any atom is 0.0430 e. The van der Waals surface area contributed by atoms with E-state index in [2.05, 4.69) is 61.2 Å². The van der Waals surface area contributed by atoms with E-state index in [1.165, 1.54) is 27.9 Å². The van der Waals surface area contributed by atoms with E-state index in [9.17, 15) is 0 Å². The highest BCUT2D eigenvalue weighted by molar-refractivity contribution is 5.60. The lowest BCUT2D eigenvalue weighted by molar-refractivity contribution is 0.644. The van der Waals surface area contributed by atoms with Crippen LogP contribution < -0.4 is 10.6 Å². The predicted octanol–water partition coefficient (Wildman–Crippen LogP) is 3.76. The molecule has 0 spiro atoms. The van der Waals surface area contributed by atoms with Crippen molar-refractivity contribution in [2.24, 2.45) is 5.73 Å². The first-order valence-electron chi connectivity index (χ1n) is 7.78. The van der Waals surface area contributed by atoms with Crippen LogP contribution in [0.25, 0.3) is 0 Å². The van der Waals surface area contributed by atoms with Crippen molar-refractivity contribution in [3.05, 3.63) is 64.7 Å². The third kappa shape index (κ3) is 2.96. The molecule has 2 aromatic rings. The lowest BCUT2D eigenvalue weighted by atomic mass is 9.98. The van der Waals surface area contributed by atoms with Crippen molar-refractivity contribution in [2.45, 2.75) is 32.7 Å². The summed E-state index contributed by atoms with van der Waals surface area (Å²) < 4.78 is 0. The highest BCUT2D eigenvalue weighted by atomic mass is 15.2. The maximum absolute atomic E-state index is 5.78. The summed E-state index contributed by atoms with van der Waals surface area (Å²) in [6.45, 7) is 7.18. The molecule has 2 heteroatoms. The summed E-state index contributed by atoms with van der Waals surface area (Å²) in [5, 5.41) is 0. The minimum Gasteiger partial charge on any atom is -0.366 e. The fraction of sp³-hybridized carbons (Fsp3) is 0.368. The van der Waals surface area contributed by atoms with Crippen LogP contribution in [-0.4, -0.2) is 13.1 Å². The van der Waals surface area contributed by atoms with Crippen LogP contribution in [0.1, 0.15) is 34.6 Å². The van der Waals surface area contributed by atoms with Gasteiger partial charge in [0.15, 0.2) is 0 Å². The second-order valence-electron chi connectivity index (χ2n) is 6.21. The fourth-order valence-electron chi connectivity index (χ4n) is 3.56. The number of aryl methyl sites for hydroxylation is 2. The van der Waals surface area contributed by atoms with Crippen LogP contribution in [-0.2, 0) is 6.54 Å². The van der Waals surface area contributed by atoms with Gasteiger partial charge in [-0.3, -0.25) is 0 Å². The van der Waals surface area contributed by atoms with Crippen molar-refractivity contribution in [3.63, 3.8) is 0 Å². The SMILES string of the molecule is Cc1cc(C)cc(CN2CC(CCN)c3ccccc32)c1. The third-order valence-electron chi connectivity index (χ3n) is 4.33. The molecular formula is C19H24N2. The molecule has 1 atom stereocenters. The van der Waals surface area contributed by atoms with Crippen LogP contribution in [0.3, 0.4) is 0 Å². The molecule has 2 aromatic carbocycles. The zero-order valence-corrected chi connectivity index (χ0v) is 13.0. The Morgan fingerprint density at radius 1 is 1.10 bits per heavy atom. The monoisotopic (exact) mass is 280 g/mol. The van der Waals surface area contributed by atoms with Crippen molar-refractivity contribution in [1.82, 2.24) is 0 Å². The molecule has 0 bridgehead atoms. The molecule has 110 valence electrons. The van der Waals surface area contributed by atoms with Crippen LogP contribution in [0.2, 0.25) is 0 Å². The van der Waals surface area contributed by atoms with Crippen LogP contribution in [0.4, 0.5) is 5.69 Å². The summed E-state index contributed by atoms with van der Waals surface area (Å²) in [5.41, 5.74) is 12.7. The Bertz CT molecular complexity index is 613. The van der Waals surface area contributed by atoms with Crippen molar-refractivity contribution < 1.29 is 0 Å². The van der Waals surface area contributed by atoms with Gasteiger partial charge in [-0.05, 0) is 44.0 Å². The highest BCUT2D eigenvalue weighted by Crippen LogP contribution is 2.38. The molecule has 2 nitrogen and oxygen atoms in total. The molecule has 1 unspecified atom stereocenters. The number of fused-ring (bicyclic) bond motifs is 1. The van der Waals surface area contributed by atoms with Gasteiger partial charge in [0.05, 0.1) is 0 Å². The summed E-state index contributed by atoms with van der Waals surface area (Å²) in [5.74, 6) is 0.581. The van der Waals surface area contributed by atoms with Gasteiger partial charge in [0.2, 0.25) is 0 Å². The molecule has 0 aliphatic carbocycles. The molecular weight excluding hydrogens is 256 g/mol. The Morgan fingerprint density at radius 3 is 2.52 bits per heavy atom. The molecule has 1 aliphatic rings. The van der Waals surface area contributed by atoms with E-state index in [4.69, 9.17) is 5.73 Å². The van der Waals surface area contributed by atoms with Gasteiger partial charge < -0.3 is 10.6 Å². The molecule has 0 amide bonds. The Hall–Kier alpha value is -1.80. The van der Waals surface area contributed by atoms with E-state index in [0.717, 1.165) is 26.1 Å². The minimum atomic E-state index is 0.581. The second kappa shape index (κ2) is 5.90. The van der Waals surface area contributed by atoms with Gasteiger partial charge in [0.1, 0.15) is 0 Å². The Morgan fingerprint density at radius 2 is 1.81 bits per heavy atom. The Kier molecular flexibility index (Phi) is 3.98. The van der Waals surface area contributed by atoms with E-state index < -0.39 is 0 Å². The van der Waals surface area contributed by atoms with Gasteiger partial charge in [0.25, 0.3) is 0 Å². The average molecular weight is 280 g/mol. The molecule has 1 aliphatic heterocycles.